The van der Waals surface area contributed by atoms with E-state index in [1.54, 1.807) is 0 Å². The highest BCUT2D eigenvalue weighted by Gasteiger charge is 2.54. The smallest absolute Gasteiger partial charge is 0.397 e. The maximum absolute atomic E-state index is 11.6. The highest BCUT2D eigenvalue weighted by Crippen LogP contribution is 2.31. The number of carbonyl (C=O) groups excluding carboxylic acids is 1. The first-order chi connectivity index (χ1) is 15.9. The topological polar surface area (TPSA) is 302 Å². The molecule has 0 bridgehead atoms. The van der Waals surface area contributed by atoms with Gasteiger partial charge in [-0.3, -0.25) is 13.9 Å². The molecule has 35 heavy (non-hydrogen) atoms. The van der Waals surface area contributed by atoms with Crippen LogP contribution in [-0.4, -0.2) is 131 Å². The maximum Gasteiger partial charge on any atom is 0.397 e. The molecule has 0 aromatic heterocycles. The molecule has 204 valence electrons. The molecular formula is C14H23NO18S2. The van der Waals surface area contributed by atoms with Crippen molar-refractivity contribution in [1.29, 1.82) is 0 Å². The molecule has 0 saturated carbocycles. The van der Waals surface area contributed by atoms with Gasteiger partial charge >= 0.3 is 26.8 Å². The molecule has 21 heteroatoms. The van der Waals surface area contributed by atoms with Gasteiger partial charge in [0.05, 0.1) is 6.61 Å². The third kappa shape index (κ3) is 7.94. The molecule has 0 radical (unpaired) electrons. The average Bonchev–Trinajstić information content (AvgIpc) is 2.69. The van der Waals surface area contributed by atoms with Crippen molar-refractivity contribution >= 4 is 32.7 Å². The van der Waals surface area contributed by atoms with E-state index in [-0.39, 0.29) is 0 Å². The second-order valence-electron chi connectivity index (χ2n) is 7.33. The number of hydrogen-bond acceptors (Lipinski definition) is 15. The zero-order chi connectivity index (χ0) is 26.9. The van der Waals surface area contributed by atoms with Crippen LogP contribution in [0.2, 0.25) is 0 Å². The molecule has 0 spiro atoms. The molecule has 2 saturated heterocycles. The van der Waals surface area contributed by atoms with Crippen molar-refractivity contribution in [2.45, 2.75) is 68.3 Å². The quantitative estimate of drug-likeness (QED) is 0.123. The third-order valence-corrected chi connectivity index (χ3v) is 5.65. The van der Waals surface area contributed by atoms with Gasteiger partial charge in [0, 0.05) is 6.92 Å². The lowest BCUT2D eigenvalue weighted by Crippen LogP contribution is -2.68. The zero-order valence-electron chi connectivity index (χ0n) is 17.4. The highest BCUT2D eigenvalue weighted by atomic mass is 32.3. The van der Waals surface area contributed by atoms with Crippen molar-refractivity contribution in [2.24, 2.45) is 0 Å². The molecule has 2 rings (SSSR count). The fourth-order valence-corrected chi connectivity index (χ4v) is 4.15. The molecule has 19 nitrogen and oxygen atoms in total. The summed E-state index contributed by atoms with van der Waals surface area (Å²) in [5, 5.41) is 51.5. The molecule has 1 amide bonds. The van der Waals surface area contributed by atoms with Gasteiger partial charge in [-0.15, -0.1) is 0 Å². The Morgan fingerprint density at radius 1 is 0.914 bits per heavy atom. The number of aliphatic carboxylic acids is 1. The Balaban J connectivity index is 2.48. The second kappa shape index (κ2) is 11.2. The fraction of sp³-hybridized carbons (Fsp3) is 0.857. The standard InChI is InChI=1S/C14H23NO18S2/c1-3(16)15-5-10(31-14-8(19)6(17)7(18)11(32-14)12(20)21)9(33-35(26,27)28)4(30-13(5)22)2-29-34(23,24)25/h4-11,13-14,17-19,22H,2H2,1H3,(H,15,16)(H,20,21)(H,23,24,25)(H,26,27,28)/t4-,5-,6+,7+,8-,9-,10-,11+,13+,14-/m1/s1. The second-order valence-corrected chi connectivity index (χ2v) is 9.47. The van der Waals surface area contributed by atoms with Crippen molar-refractivity contribution < 1.29 is 83.6 Å². The van der Waals surface area contributed by atoms with E-state index in [1.165, 1.54) is 0 Å². The molecule has 8 N–H and O–H groups in total. The first kappa shape index (κ1) is 29.6. The average molecular weight is 557 g/mol. The summed E-state index contributed by atoms with van der Waals surface area (Å²) < 4.78 is 86.3. The number of aliphatic hydroxyl groups is 4. The summed E-state index contributed by atoms with van der Waals surface area (Å²) in [4.78, 5) is 22.9. The minimum atomic E-state index is -5.42. The van der Waals surface area contributed by atoms with E-state index in [0.717, 1.165) is 6.92 Å². The van der Waals surface area contributed by atoms with E-state index in [4.69, 9.17) is 28.4 Å². The predicted molar refractivity (Wildman–Crippen MR) is 102 cm³/mol. The molecule has 2 aliphatic heterocycles. The van der Waals surface area contributed by atoms with Crippen LogP contribution in [0.1, 0.15) is 6.92 Å². The number of amides is 1. The first-order valence-corrected chi connectivity index (χ1v) is 12.1. The SMILES string of the molecule is CC(=O)N[C@@H]1[C@@H](O[C@@H]2O[C@H](C(=O)O)[C@@H](O)[C@H](O)[C@H]2O)[C@H](OS(=O)(=O)O)[C@@H](COS(=O)(=O)O)O[C@@H]1O. The first-order valence-electron chi connectivity index (χ1n) is 9.37. The van der Waals surface area contributed by atoms with Crippen molar-refractivity contribution in [3.05, 3.63) is 0 Å². The molecule has 0 unspecified atom stereocenters. The van der Waals surface area contributed by atoms with Gasteiger partial charge in [0.2, 0.25) is 5.91 Å². The van der Waals surface area contributed by atoms with Crippen LogP contribution in [0, 0.1) is 0 Å². The Bertz CT molecular complexity index is 985. The zero-order valence-corrected chi connectivity index (χ0v) is 19.1. The number of rotatable bonds is 9. The monoisotopic (exact) mass is 557 g/mol. The molecule has 0 aliphatic carbocycles. The summed E-state index contributed by atoms with van der Waals surface area (Å²) in [6.45, 7) is -0.321. The van der Waals surface area contributed by atoms with Crippen LogP contribution in [0.4, 0.5) is 0 Å². The molecule has 0 aromatic rings. The molecule has 10 atom stereocenters. The number of nitrogens with one attached hydrogen (secondary N) is 1. The Hall–Kier alpha value is -1.60. The van der Waals surface area contributed by atoms with Gasteiger partial charge in [-0.25, -0.2) is 13.2 Å². The van der Waals surface area contributed by atoms with E-state index >= 15 is 0 Å². The summed E-state index contributed by atoms with van der Waals surface area (Å²) >= 11 is 0. The van der Waals surface area contributed by atoms with Gasteiger partial charge in [0.1, 0.15) is 42.7 Å². The predicted octanol–water partition coefficient (Wildman–Crippen LogP) is -5.51. The van der Waals surface area contributed by atoms with E-state index in [1.807, 2.05) is 0 Å². The van der Waals surface area contributed by atoms with Crippen LogP contribution in [0.25, 0.3) is 0 Å². The van der Waals surface area contributed by atoms with Gasteiger partial charge < -0.3 is 45.1 Å². The van der Waals surface area contributed by atoms with E-state index in [0.29, 0.717) is 0 Å². The van der Waals surface area contributed by atoms with Crippen LogP contribution >= 0.6 is 0 Å². The minimum absolute atomic E-state index is 0.881. The summed E-state index contributed by atoms with van der Waals surface area (Å²) in [6.07, 6.45) is -19.3. The molecule has 2 heterocycles. The fourth-order valence-electron chi connectivity index (χ4n) is 3.33. The van der Waals surface area contributed by atoms with Gasteiger partial charge in [0.25, 0.3) is 0 Å². The van der Waals surface area contributed by atoms with Crippen molar-refractivity contribution in [3.63, 3.8) is 0 Å². The van der Waals surface area contributed by atoms with Gasteiger partial charge in [0.15, 0.2) is 18.7 Å². The normalized spacial score (nSPS) is 38.6. The lowest BCUT2D eigenvalue weighted by Gasteiger charge is -2.46. The largest absolute Gasteiger partial charge is 0.479 e. The number of hydrogen-bond donors (Lipinski definition) is 8. The van der Waals surface area contributed by atoms with E-state index < -0.39 is 101 Å². The highest BCUT2D eigenvalue weighted by molar-refractivity contribution is 7.81. The Labute approximate surface area is 197 Å². The lowest BCUT2D eigenvalue weighted by molar-refractivity contribution is -0.334. The number of carboxylic acids is 1. The van der Waals surface area contributed by atoms with Crippen LogP contribution in [0.15, 0.2) is 0 Å². The van der Waals surface area contributed by atoms with E-state index in [2.05, 4.69) is 13.7 Å². The minimum Gasteiger partial charge on any atom is -0.479 e. The van der Waals surface area contributed by atoms with Crippen LogP contribution in [0.5, 0.6) is 0 Å². The van der Waals surface area contributed by atoms with Gasteiger partial charge in [-0.2, -0.15) is 16.8 Å². The van der Waals surface area contributed by atoms with Crippen LogP contribution in [-0.2, 0) is 53.0 Å². The summed E-state index contributed by atoms with van der Waals surface area (Å²) in [7, 11) is -10.6. The summed E-state index contributed by atoms with van der Waals surface area (Å²) in [5.41, 5.74) is 0. The van der Waals surface area contributed by atoms with E-state index in [9.17, 15) is 46.9 Å². The summed E-state index contributed by atoms with van der Waals surface area (Å²) in [6, 6.07) is -1.82. The molecule has 2 aliphatic rings. The van der Waals surface area contributed by atoms with Gasteiger partial charge in [-0.1, -0.05) is 0 Å². The Morgan fingerprint density at radius 3 is 2.00 bits per heavy atom. The van der Waals surface area contributed by atoms with Crippen LogP contribution in [0.3, 0.4) is 0 Å². The van der Waals surface area contributed by atoms with Crippen molar-refractivity contribution in [3.8, 4) is 0 Å². The Kier molecular flexibility index (Phi) is 9.48. The maximum atomic E-state index is 11.6. The number of ether oxygens (including phenoxy) is 3. The number of aliphatic hydroxyl groups excluding tert-OH is 4. The van der Waals surface area contributed by atoms with Gasteiger partial charge in [-0.05, 0) is 0 Å². The molecular weight excluding hydrogens is 534 g/mol. The summed E-state index contributed by atoms with van der Waals surface area (Å²) in [5.74, 6) is -2.69. The van der Waals surface area contributed by atoms with Crippen molar-refractivity contribution in [2.75, 3.05) is 6.61 Å². The lowest BCUT2D eigenvalue weighted by atomic mass is 9.95. The van der Waals surface area contributed by atoms with Crippen LogP contribution < -0.4 is 5.32 Å². The van der Waals surface area contributed by atoms with Crippen molar-refractivity contribution in [1.82, 2.24) is 5.32 Å². The molecule has 0 aromatic carbocycles. The Morgan fingerprint density at radius 2 is 1.51 bits per heavy atom. The molecule has 2 fully saturated rings. The number of carboxylic acid groups (broad SMARTS) is 1. The third-order valence-electron chi connectivity index (χ3n) is 4.75. The number of carbonyl (C=O) groups is 2.